The zero-order valence-corrected chi connectivity index (χ0v) is 14.9. The summed E-state index contributed by atoms with van der Waals surface area (Å²) >= 11 is 5.13. The summed E-state index contributed by atoms with van der Waals surface area (Å²) in [6, 6.07) is 5.08. The van der Waals surface area contributed by atoms with E-state index in [1.54, 1.807) is 18.2 Å². The number of nitrogens with zero attached hydrogens (tertiary/aromatic N) is 1. The van der Waals surface area contributed by atoms with E-state index in [0.29, 0.717) is 22.3 Å². The van der Waals surface area contributed by atoms with Gasteiger partial charge in [-0.3, -0.25) is 5.43 Å². The molecular weight excluding hydrogens is 330 g/mol. The topological polar surface area (TPSA) is 95.0 Å². The fourth-order valence-electron chi connectivity index (χ4n) is 1.77. The zero-order valence-electron chi connectivity index (χ0n) is 14.0. The summed E-state index contributed by atoms with van der Waals surface area (Å²) in [5.41, 5.74) is 4.26. The van der Waals surface area contributed by atoms with Gasteiger partial charge in [0, 0.05) is 12.1 Å². The molecule has 0 atom stereocenters. The Hall–Kier alpha value is -2.35. The SMILES string of the molecule is CCCCNC(=S)N/N=C(/C)c1ccc(OCC(=O)[O-])c(OC)c1. The van der Waals surface area contributed by atoms with Gasteiger partial charge >= 0.3 is 0 Å². The lowest BCUT2D eigenvalue weighted by Crippen LogP contribution is -2.33. The fourth-order valence-corrected chi connectivity index (χ4v) is 1.91. The fraction of sp³-hybridized carbons (Fsp3) is 0.438. The van der Waals surface area contributed by atoms with Crippen LogP contribution in [0.25, 0.3) is 0 Å². The molecule has 0 unspecified atom stereocenters. The maximum atomic E-state index is 10.5. The van der Waals surface area contributed by atoms with Crippen molar-refractivity contribution in [3.05, 3.63) is 23.8 Å². The third-order valence-corrected chi connectivity index (χ3v) is 3.30. The third-order valence-electron chi connectivity index (χ3n) is 3.07. The highest BCUT2D eigenvalue weighted by Gasteiger charge is 2.08. The number of carbonyl (C=O) groups is 1. The Morgan fingerprint density at radius 1 is 1.38 bits per heavy atom. The third kappa shape index (κ3) is 6.82. The number of carboxylic acid groups (broad SMARTS) is 1. The molecule has 24 heavy (non-hydrogen) atoms. The molecule has 132 valence electrons. The standard InChI is InChI=1S/C16H23N3O4S/c1-4-5-8-17-16(24)19-18-11(2)12-6-7-13(14(9-12)22-3)23-10-15(20)21/h6-7,9H,4-5,8,10H2,1-3H3,(H,20,21)(H2,17,19,24)/p-1/b18-11-. The molecule has 0 aliphatic carbocycles. The molecule has 1 rings (SSSR count). The lowest BCUT2D eigenvalue weighted by Gasteiger charge is -2.13. The number of aliphatic carboxylic acids is 1. The second-order valence-electron chi connectivity index (χ2n) is 4.94. The molecule has 0 amide bonds. The van der Waals surface area contributed by atoms with Crippen LogP contribution in [0.1, 0.15) is 32.3 Å². The number of carbonyl (C=O) groups excluding carboxylic acids is 1. The molecule has 7 nitrogen and oxygen atoms in total. The van der Waals surface area contributed by atoms with E-state index in [1.165, 1.54) is 7.11 Å². The zero-order chi connectivity index (χ0) is 17.9. The molecule has 2 N–H and O–H groups in total. The van der Waals surface area contributed by atoms with Gasteiger partial charge in [0.05, 0.1) is 18.8 Å². The number of nitrogens with one attached hydrogen (secondary N) is 2. The molecule has 0 saturated carbocycles. The predicted octanol–water partition coefficient (Wildman–Crippen LogP) is 0.812. The molecule has 0 heterocycles. The van der Waals surface area contributed by atoms with E-state index in [-0.39, 0.29) is 0 Å². The summed E-state index contributed by atoms with van der Waals surface area (Å²) in [4.78, 5) is 10.5. The Balaban J connectivity index is 2.72. The Labute approximate surface area is 147 Å². The first-order valence-corrected chi connectivity index (χ1v) is 7.98. The molecule has 0 bridgehead atoms. The smallest absolute Gasteiger partial charge is 0.186 e. The second kappa shape index (κ2) is 10.4. The Bertz CT molecular complexity index is 605. The number of hydrogen-bond acceptors (Lipinski definition) is 6. The summed E-state index contributed by atoms with van der Waals surface area (Å²) < 4.78 is 10.3. The van der Waals surface area contributed by atoms with E-state index < -0.39 is 12.6 Å². The van der Waals surface area contributed by atoms with E-state index in [2.05, 4.69) is 22.8 Å². The lowest BCUT2D eigenvalue weighted by molar-refractivity contribution is -0.307. The molecule has 0 aliphatic heterocycles. The van der Waals surface area contributed by atoms with Crippen LogP contribution in [0, 0.1) is 0 Å². The van der Waals surface area contributed by atoms with Crippen LogP contribution in [0.2, 0.25) is 0 Å². The molecule has 0 radical (unpaired) electrons. The van der Waals surface area contributed by atoms with E-state index in [4.69, 9.17) is 21.7 Å². The number of rotatable bonds is 9. The Morgan fingerprint density at radius 2 is 2.12 bits per heavy atom. The van der Waals surface area contributed by atoms with E-state index in [9.17, 15) is 9.90 Å². The Kier molecular flexibility index (Phi) is 8.56. The van der Waals surface area contributed by atoms with E-state index >= 15 is 0 Å². The van der Waals surface area contributed by atoms with Crippen LogP contribution in [0.5, 0.6) is 11.5 Å². The van der Waals surface area contributed by atoms with Gasteiger partial charge in [0.25, 0.3) is 0 Å². The molecule has 1 aromatic carbocycles. The monoisotopic (exact) mass is 352 g/mol. The first-order valence-electron chi connectivity index (χ1n) is 7.57. The normalized spacial score (nSPS) is 10.9. The molecule has 0 spiro atoms. The molecule has 0 saturated heterocycles. The largest absolute Gasteiger partial charge is 0.546 e. The molecule has 0 fully saturated rings. The van der Waals surface area contributed by atoms with Gasteiger partial charge in [0.2, 0.25) is 0 Å². The van der Waals surface area contributed by atoms with Gasteiger partial charge in [0.1, 0.15) is 6.61 Å². The van der Waals surface area contributed by atoms with Crippen LogP contribution in [-0.4, -0.2) is 37.1 Å². The van der Waals surface area contributed by atoms with Crippen molar-refractivity contribution in [3.63, 3.8) is 0 Å². The van der Waals surface area contributed by atoms with Crippen LogP contribution >= 0.6 is 12.2 Å². The average Bonchev–Trinajstić information content (AvgIpc) is 2.57. The number of hydrazone groups is 1. The average molecular weight is 352 g/mol. The Morgan fingerprint density at radius 3 is 2.75 bits per heavy atom. The van der Waals surface area contributed by atoms with Crippen LogP contribution in [-0.2, 0) is 4.79 Å². The van der Waals surface area contributed by atoms with Gasteiger partial charge in [-0.25, -0.2) is 0 Å². The molecular formula is C16H22N3O4S-. The van der Waals surface area contributed by atoms with Gasteiger partial charge in [0.15, 0.2) is 16.6 Å². The van der Waals surface area contributed by atoms with Crippen LogP contribution in [0.15, 0.2) is 23.3 Å². The van der Waals surface area contributed by atoms with Gasteiger partial charge in [-0.15, -0.1) is 0 Å². The molecule has 0 aliphatic rings. The first-order chi connectivity index (χ1) is 11.5. The maximum absolute atomic E-state index is 10.5. The van der Waals surface area contributed by atoms with Gasteiger partial charge in [-0.1, -0.05) is 13.3 Å². The quantitative estimate of drug-likeness (QED) is 0.294. The number of methoxy groups -OCH3 is 1. The van der Waals surface area contributed by atoms with Gasteiger partial charge in [-0.2, -0.15) is 5.10 Å². The highest BCUT2D eigenvalue weighted by atomic mass is 32.1. The highest BCUT2D eigenvalue weighted by Crippen LogP contribution is 2.28. The van der Waals surface area contributed by atoms with Crippen molar-refractivity contribution in [2.45, 2.75) is 26.7 Å². The summed E-state index contributed by atoms with van der Waals surface area (Å²) in [5, 5.41) is 18.2. The van der Waals surface area contributed by atoms with Crippen LogP contribution in [0.4, 0.5) is 0 Å². The van der Waals surface area contributed by atoms with E-state index in [1.807, 2.05) is 6.92 Å². The summed E-state index contributed by atoms with van der Waals surface area (Å²) in [7, 11) is 1.47. The van der Waals surface area contributed by atoms with Gasteiger partial charge in [-0.05, 0) is 43.8 Å². The van der Waals surface area contributed by atoms with Crippen molar-refractivity contribution in [2.24, 2.45) is 5.10 Å². The summed E-state index contributed by atoms with van der Waals surface area (Å²) in [6.07, 6.45) is 2.12. The molecule has 1 aromatic rings. The molecule has 8 heteroatoms. The summed E-state index contributed by atoms with van der Waals surface area (Å²) in [5.74, 6) is -0.568. The minimum atomic E-state index is -1.30. The minimum Gasteiger partial charge on any atom is -0.546 e. The number of hydrogen-bond donors (Lipinski definition) is 2. The van der Waals surface area contributed by atoms with Crippen molar-refractivity contribution in [3.8, 4) is 11.5 Å². The van der Waals surface area contributed by atoms with Gasteiger partial charge < -0.3 is 24.7 Å². The van der Waals surface area contributed by atoms with Crippen LogP contribution < -0.4 is 25.3 Å². The van der Waals surface area contributed by atoms with Crippen molar-refractivity contribution >= 4 is 29.0 Å². The number of benzene rings is 1. The van der Waals surface area contributed by atoms with Crippen molar-refractivity contribution in [1.82, 2.24) is 10.7 Å². The molecule has 0 aromatic heterocycles. The number of carboxylic acids is 1. The number of unbranched alkanes of at least 4 members (excludes halogenated alkanes) is 1. The number of thiocarbonyl (C=S) groups is 1. The first kappa shape index (κ1) is 19.7. The second-order valence-corrected chi connectivity index (χ2v) is 5.35. The van der Waals surface area contributed by atoms with Crippen molar-refractivity contribution < 1.29 is 19.4 Å². The minimum absolute atomic E-state index is 0.322. The van der Waals surface area contributed by atoms with E-state index in [0.717, 1.165) is 24.9 Å². The summed E-state index contributed by atoms with van der Waals surface area (Å²) in [6.45, 7) is 4.18. The highest BCUT2D eigenvalue weighted by molar-refractivity contribution is 7.80. The van der Waals surface area contributed by atoms with Crippen LogP contribution in [0.3, 0.4) is 0 Å². The van der Waals surface area contributed by atoms with Crippen molar-refractivity contribution in [2.75, 3.05) is 20.3 Å². The predicted molar refractivity (Wildman–Crippen MR) is 94.4 cm³/mol. The number of ether oxygens (including phenoxy) is 2. The lowest BCUT2D eigenvalue weighted by atomic mass is 10.1. The maximum Gasteiger partial charge on any atom is 0.186 e. The van der Waals surface area contributed by atoms with Crippen molar-refractivity contribution in [1.29, 1.82) is 0 Å².